The minimum absolute atomic E-state index is 0.0609. The number of phenols is 1. The van der Waals surface area contributed by atoms with Crippen molar-refractivity contribution in [2.24, 2.45) is 0 Å². The number of carbonyl (C=O) groups excluding carboxylic acids is 3. The van der Waals surface area contributed by atoms with Gasteiger partial charge in [-0.1, -0.05) is 24.3 Å². The van der Waals surface area contributed by atoms with Gasteiger partial charge in [0, 0.05) is 4.47 Å². The third-order valence-corrected chi connectivity index (χ3v) is 5.09. The predicted molar refractivity (Wildman–Crippen MR) is 104 cm³/mol. The molecular weight excluding hydrogens is 420 g/mol. The number of hydrogen-bond donors (Lipinski definition) is 2. The van der Waals surface area contributed by atoms with E-state index in [4.69, 9.17) is 0 Å². The van der Waals surface area contributed by atoms with E-state index < -0.39 is 17.1 Å². The zero-order chi connectivity index (χ0) is 18.7. The van der Waals surface area contributed by atoms with Gasteiger partial charge in [0.05, 0.1) is 10.6 Å². The summed E-state index contributed by atoms with van der Waals surface area (Å²) >= 11 is 4.08. The SMILES string of the molecule is O=C(CN1C(=O)S/C(=C/c2cccc(O)c2)C1=O)Nc1ccccc1Br. The maximum atomic E-state index is 12.4. The number of aromatic hydroxyl groups is 1. The number of nitrogens with one attached hydrogen (secondary N) is 1. The van der Waals surface area contributed by atoms with Crippen LogP contribution >= 0.6 is 27.7 Å². The van der Waals surface area contributed by atoms with Crippen molar-refractivity contribution < 1.29 is 19.5 Å². The molecule has 2 aromatic carbocycles. The molecule has 0 atom stereocenters. The van der Waals surface area contributed by atoms with Crippen molar-refractivity contribution in [1.82, 2.24) is 4.90 Å². The van der Waals surface area contributed by atoms with Gasteiger partial charge in [-0.3, -0.25) is 19.3 Å². The predicted octanol–water partition coefficient (Wildman–Crippen LogP) is 3.83. The van der Waals surface area contributed by atoms with Crippen LogP contribution in [0.5, 0.6) is 5.75 Å². The summed E-state index contributed by atoms with van der Waals surface area (Å²) in [5.41, 5.74) is 1.15. The summed E-state index contributed by atoms with van der Waals surface area (Å²) in [7, 11) is 0. The van der Waals surface area contributed by atoms with E-state index in [0.29, 0.717) is 15.7 Å². The number of phenolic OH excluding ortho intramolecular Hbond substituents is 1. The third-order valence-electron chi connectivity index (χ3n) is 3.49. The van der Waals surface area contributed by atoms with Crippen molar-refractivity contribution in [3.8, 4) is 5.75 Å². The lowest BCUT2D eigenvalue weighted by Gasteiger charge is -2.13. The first kappa shape index (κ1) is 18.2. The van der Waals surface area contributed by atoms with Crippen LogP contribution in [0.1, 0.15) is 5.56 Å². The Labute approximate surface area is 162 Å². The van der Waals surface area contributed by atoms with E-state index in [1.807, 2.05) is 6.07 Å². The van der Waals surface area contributed by atoms with Gasteiger partial charge in [-0.2, -0.15) is 0 Å². The first-order valence-electron chi connectivity index (χ1n) is 7.53. The molecule has 8 heteroatoms. The smallest absolute Gasteiger partial charge is 0.294 e. The van der Waals surface area contributed by atoms with E-state index in [1.165, 1.54) is 18.2 Å². The number of hydrogen-bond acceptors (Lipinski definition) is 5. The fraction of sp³-hybridized carbons (Fsp3) is 0.0556. The van der Waals surface area contributed by atoms with Crippen LogP contribution in [0.4, 0.5) is 10.5 Å². The van der Waals surface area contributed by atoms with Crippen LogP contribution in [-0.4, -0.2) is 33.6 Å². The number of imide groups is 1. The standard InChI is InChI=1S/C18H13BrN2O4S/c19-13-6-1-2-7-14(13)20-16(23)10-21-17(24)15(26-18(21)25)9-11-4-3-5-12(22)8-11/h1-9,22H,10H2,(H,20,23)/b15-9+. The van der Waals surface area contributed by atoms with Crippen LogP contribution in [0.15, 0.2) is 57.9 Å². The molecule has 0 aliphatic carbocycles. The number of nitrogens with zero attached hydrogens (tertiary/aromatic N) is 1. The Bertz CT molecular complexity index is 929. The van der Waals surface area contributed by atoms with Crippen molar-refractivity contribution in [3.05, 3.63) is 63.5 Å². The van der Waals surface area contributed by atoms with Gasteiger partial charge >= 0.3 is 0 Å². The lowest BCUT2D eigenvalue weighted by Crippen LogP contribution is -2.36. The summed E-state index contributed by atoms with van der Waals surface area (Å²) in [5, 5.41) is 11.6. The van der Waals surface area contributed by atoms with E-state index in [0.717, 1.165) is 16.7 Å². The number of anilines is 1. The van der Waals surface area contributed by atoms with Gasteiger partial charge in [0.2, 0.25) is 5.91 Å². The topological polar surface area (TPSA) is 86.7 Å². The molecule has 6 nitrogen and oxygen atoms in total. The monoisotopic (exact) mass is 432 g/mol. The molecule has 1 saturated heterocycles. The Kier molecular flexibility index (Phi) is 5.43. The molecule has 3 rings (SSSR count). The van der Waals surface area contributed by atoms with E-state index in [1.54, 1.807) is 30.3 Å². The van der Waals surface area contributed by atoms with Gasteiger partial charge in [-0.25, -0.2) is 0 Å². The Morgan fingerprint density at radius 2 is 1.96 bits per heavy atom. The van der Waals surface area contributed by atoms with E-state index >= 15 is 0 Å². The van der Waals surface area contributed by atoms with Crippen molar-refractivity contribution in [3.63, 3.8) is 0 Å². The average Bonchev–Trinajstić information content (AvgIpc) is 2.84. The molecule has 132 valence electrons. The van der Waals surface area contributed by atoms with Crippen molar-refractivity contribution >= 4 is 56.5 Å². The molecule has 0 saturated carbocycles. The molecule has 1 aliphatic heterocycles. The third kappa shape index (κ3) is 4.14. The van der Waals surface area contributed by atoms with E-state index in [-0.39, 0.29) is 17.2 Å². The summed E-state index contributed by atoms with van der Waals surface area (Å²) < 4.78 is 0.700. The maximum Gasteiger partial charge on any atom is 0.294 e. The van der Waals surface area contributed by atoms with Gasteiger partial charge in [-0.05, 0) is 63.6 Å². The van der Waals surface area contributed by atoms with Crippen LogP contribution in [-0.2, 0) is 9.59 Å². The number of amides is 3. The zero-order valence-corrected chi connectivity index (χ0v) is 15.7. The first-order chi connectivity index (χ1) is 12.4. The second-order valence-corrected chi connectivity index (χ2v) is 7.24. The Balaban J connectivity index is 1.71. The number of carbonyl (C=O) groups is 3. The summed E-state index contributed by atoms with van der Waals surface area (Å²) in [6.07, 6.45) is 1.51. The van der Waals surface area contributed by atoms with Crippen molar-refractivity contribution in [2.75, 3.05) is 11.9 Å². The highest BCUT2D eigenvalue weighted by molar-refractivity contribution is 9.10. The average molecular weight is 433 g/mol. The van der Waals surface area contributed by atoms with Gasteiger partial charge in [-0.15, -0.1) is 0 Å². The zero-order valence-electron chi connectivity index (χ0n) is 13.3. The Hall–Kier alpha value is -2.58. The quantitative estimate of drug-likeness (QED) is 0.716. The minimum Gasteiger partial charge on any atom is -0.508 e. The molecular formula is C18H13BrN2O4S. The van der Waals surface area contributed by atoms with Crippen LogP contribution in [0.2, 0.25) is 0 Å². The molecule has 3 amide bonds. The number of benzene rings is 2. The van der Waals surface area contributed by atoms with Gasteiger partial charge in [0.25, 0.3) is 11.1 Å². The lowest BCUT2D eigenvalue weighted by molar-refractivity contribution is -0.127. The molecule has 2 N–H and O–H groups in total. The normalized spacial score (nSPS) is 15.6. The first-order valence-corrected chi connectivity index (χ1v) is 9.14. The molecule has 1 aliphatic rings. The largest absolute Gasteiger partial charge is 0.508 e. The second kappa shape index (κ2) is 7.76. The van der Waals surface area contributed by atoms with Crippen LogP contribution in [0, 0.1) is 0 Å². The number of para-hydroxylation sites is 1. The fourth-order valence-corrected chi connectivity index (χ4v) is 3.52. The van der Waals surface area contributed by atoms with Crippen LogP contribution < -0.4 is 5.32 Å². The molecule has 26 heavy (non-hydrogen) atoms. The minimum atomic E-state index is -0.536. The lowest BCUT2D eigenvalue weighted by atomic mass is 10.2. The summed E-state index contributed by atoms with van der Waals surface area (Å²) in [6.45, 7) is -0.372. The van der Waals surface area contributed by atoms with Crippen molar-refractivity contribution in [2.45, 2.75) is 0 Å². The van der Waals surface area contributed by atoms with Gasteiger partial charge < -0.3 is 10.4 Å². The molecule has 0 unspecified atom stereocenters. The van der Waals surface area contributed by atoms with E-state index in [2.05, 4.69) is 21.2 Å². The molecule has 1 heterocycles. The molecule has 0 aromatic heterocycles. The Morgan fingerprint density at radius 3 is 2.69 bits per heavy atom. The summed E-state index contributed by atoms with van der Waals surface area (Å²) in [6, 6.07) is 13.4. The van der Waals surface area contributed by atoms with Crippen LogP contribution in [0.3, 0.4) is 0 Å². The summed E-state index contributed by atoms with van der Waals surface area (Å²) in [5.74, 6) is -0.950. The number of halogens is 1. The highest BCUT2D eigenvalue weighted by Gasteiger charge is 2.36. The molecule has 0 bridgehead atoms. The van der Waals surface area contributed by atoms with Crippen LogP contribution in [0.25, 0.3) is 6.08 Å². The molecule has 0 radical (unpaired) electrons. The molecule has 1 fully saturated rings. The number of thioether (sulfide) groups is 1. The maximum absolute atomic E-state index is 12.4. The number of rotatable bonds is 4. The molecule has 2 aromatic rings. The highest BCUT2D eigenvalue weighted by atomic mass is 79.9. The van der Waals surface area contributed by atoms with Gasteiger partial charge in [0.15, 0.2) is 0 Å². The second-order valence-electron chi connectivity index (χ2n) is 5.39. The van der Waals surface area contributed by atoms with E-state index in [9.17, 15) is 19.5 Å². The molecule has 0 spiro atoms. The van der Waals surface area contributed by atoms with Gasteiger partial charge in [0.1, 0.15) is 12.3 Å². The summed E-state index contributed by atoms with van der Waals surface area (Å²) in [4.78, 5) is 37.8. The van der Waals surface area contributed by atoms with Crippen molar-refractivity contribution in [1.29, 1.82) is 0 Å². The fourth-order valence-electron chi connectivity index (χ4n) is 2.30. The Morgan fingerprint density at radius 1 is 1.19 bits per heavy atom. The highest BCUT2D eigenvalue weighted by Crippen LogP contribution is 2.32.